The number of ether oxygens (including phenoxy) is 1. The van der Waals surface area contributed by atoms with Crippen LogP contribution in [0.25, 0.3) is 11.3 Å². The van der Waals surface area contributed by atoms with Gasteiger partial charge in [-0.05, 0) is 48.4 Å². The molecule has 1 heterocycles. The van der Waals surface area contributed by atoms with Crippen molar-refractivity contribution in [1.82, 2.24) is 15.5 Å². The number of halogens is 4. The van der Waals surface area contributed by atoms with Crippen molar-refractivity contribution in [2.45, 2.75) is 26.1 Å². The number of nitrogens with zero attached hydrogens (tertiary/aromatic N) is 1. The number of hydrogen-bond donors (Lipinski definition) is 2. The highest BCUT2D eigenvalue weighted by atomic mass is 19.4. The molecule has 0 aliphatic rings. The molecule has 30 heavy (non-hydrogen) atoms. The maximum Gasteiger partial charge on any atom is 0.416 e. The quantitative estimate of drug-likeness (QED) is 0.531. The van der Waals surface area contributed by atoms with Gasteiger partial charge in [0, 0.05) is 12.1 Å². The van der Waals surface area contributed by atoms with Gasteiger partial charge in [-0.2, -0.15) is 18.3 Å². The zero-order chi connectivity index (χ0) is 21.7. The summed E-state index contributed by atoms with van der Waals surface area (Å²) in [5, 5.41) is 9.24. The molecule has 0 aliphatic heterocycles. The SMILES string of the molecule is CCCOc1ccc(F)cc1-c1cc(C(=O)NCc2ccc(C(F)(F)F)cc2)[nH]n1. The van der Waals surface area contributed by atoms with Gasteiger partial charge < -0.3 is 10.1 Å². The molecule has 5 nitrogen and oxygen atoms in total. The van der Waals surface area contributed by atoms with E-state index in [0.29, 0.717) is 29.2 Å². The third kappa shape index (κ3) is 5.16. The minimum absolute atomic E-state index is 0.0378. The van der Waals surface area contributed by atoms with E-state index in [0.717, 1.165) is 18.6 Å². The van der Waals surface area contributed by atoms with Gasteiger partial charge in [0.25, 0.3) is 5.91 Å². The Kier molecular flexibility index (Phi) is 6.39. The van der Waals surface area contributed by atoms with E-state index in [1.807, 2.05) is 6.92 Å². The van der Waals surface area contributed by atoms with Crippen molar-refractivity contribution in [3.05, 3.63) is 71.2 Å². The van der Waals surface area contributed by atoms with Crippen LogP contribution in [0.4, 0.5) is 17.6 Å². The average molecular weight is 421 g/mol. The number of carbonyl (C=O) groups is 1. The predicted octanol–water partition coefficient (Wildman–Crippen LogP) is 4.95. The van der Waals surface area contributed by atoms with Crippen molar-refractivity contribution in [3.63, 3.8) is 0 Å². The first-order chi connectivity index (χ1) is 14.3. The Morgan fingerprint density at radius 3 is 2.53 bits per heavy atom. The average Bonchev–Trinajstić information content (AvgIpc) is 3.21. The number of rotatable bonds is 7. The summed E-state index contributed by atoms with van der Waals surface area (Å²) in [5.41, 5.74) is 0.618. The fourth-order valence-electron chi connectivity index (χ4n) is 2.71. The van der Waals surface area contributed by atoms with E-state index in [-0.39, 0.29) is 12.2 Å². The van der Waals surface area contributed by atoms with Crippen molar-refractivity contribution in [2.24, 2.45) is 0 Å². The summed E-state index contributed by atoms with van der Waals surface area (Å²) in [7, 11) is 0. The third-order valence-electron chi connectivity index (χ3n) is 4.24. The first kappa shape index (κ1) is 21.4. The first-order valence-corrected chi connectivity index (χ1v) is 9.20. The highest BCUT2D eigenvalue weighted by Gasteiger charge is 2.29. The molecular weight excluding hydrogens is 402 g/mol. The normalized spacial score (nSPS) is 11.4. The number of aromatic amines is 1. The van der Waals surface area contributed by atoms with Crippen LogP contribution in [0.1, 0.15) is 35.0 Å². The Bertz CT molecular complexity index is 1010. The largest absolute Gasteiger partial charge is 0.493 e. The van der Waals surface area contributed by atoms with E-state index in [1.165, 1.54) is 36.4 Å². The Labute approximate surface area is 170 Å². The molecule has 0 unspecified atom stereocenters. The summed E-state index contributed by atoms with van der Waals surface area (Å²) < 4.78 is 57.1. The van der Waals surface area contributed by atoms with Gasteiger partial charge in [0.05, 0.1) is 17.9 Å². The van der Waals surface area contributed by atoms with Gasteiger partial charge in [-0.15, -0.1) is 0 Å². The van der Waals surface area contributed by atoms with E-state index in [1.54, 1.807) is 0 Å². The highest BCUT2D eigenvalue weighted by molar-refractivity contribution is 5.93. The molecule has 0 saturated carbocycles. The molecule has 2 N–H and O–H groups in total. The van der Waals surface area contributed by atoms with E-state index in [9.17, 15) is 22.4 Å². The lowest BCUT2D eigenvalue weighted by atomic mass is 10.1. The van der Waals surface area contributed by atoms with Gasteiger partial charge in [-0.3, -0.25) is 9.89 Å². The van der Waals surface area contributed by atoms with Crippen LogP contribution < -0.4 is 10.1 Å². The molecule has 0 bridgehead atoms. The minimum atomic E-state index is -4.41. The van der Waals surface area contributed by atoms with Gasteiger partial charge in [-0.1, -0.05) is 19.1 Å². The summed E-state index contributed by atoms with van der Waals surface area (Å²) in [6, 6.07) is 10.0. The lowest BCUT2D eigenvalue weighted by Gasteiger charge is -2.09. The number of alkyl halides is 3. The van der Waals surface area contributed by atoms with Crippen molar-refractivity contribution < 1.29 is 27.1 Å². The zero-order valence-electron chi connectivity index (χ0n) is 16.0. The van der Waals surface area contributed by atoms with Crippen molar-refractivity contribution in [3.8, 4) is 17.0 Å². The summed E-state index contributed by atoms with van der Waals surface area (Å²) in [5.74, 6) is -0.521. The standard InChI is InChI=1S/C21H19F4N3O2/c1-2-9-30-19-8-7-15(22)10-16(19)17-11-18(28-27-17)20(29)26-12-13-3-5-14(6-4-13)21(23,24)25/h3-8,10-11H,2,9,12H2,1H3,(H,26,29)(H,27,28). The molecule has 0 aliphatic carbocycles. The van der Waals surface area contributed by atoms with Crippen LogP contribution in [0, 0.1) is 5.82 Å². The zero-order valence-corrected chi connectivity index (χ0v) is 16.0. The second-order valence-corrected chi connectivity index (χ2v) is 6.53. The molecule has 3 aromatic rings. The van der Waals surface area contributed by atoms with Crippen molar-refractivity contribution in [1.29, 1.82) is 0 Å². The van der Waals surface area contributed by atoms with Crippen LogP contribution in [0.2, 0.25) is 0 Å². The smallest absolute Gasteiger partial charge is 0.416 e. The molecule has 0 radical (unpaired) electrons. The second-order valence-electron chi connectivity index (χ2n) is 6.53. The number of carbonyl (C=O) groups excluding carboxylic acids is 1. The lowest BCUT2D eigenvalue weighted by Crippen LogP contribution is -2.23. The number of aromatic nitrogens is 2. The van der Waals surface area contributed by atoms with Crippen LogP contribution in [-0.4, -0.2) is 22.7 Å². The summed E-state index contributed by atoms with van der Waals surface area (Å²) in [6.45, 7) is 2.43. The molecule has 9 heteroatoms. The number of benzene rings is 2. The molecule has 1 aromatic heterocycles. The molecule has 0 spiro atoms. The fourth-order valence-corrected chi connectivity index (χ4v) is 2.71. The van der Waals surface area contributed by atoms with Gasteiger partial charge in [-0.25, -0.2) is 4.39 Å². The Balaban J connectivity index is 1.69. The van der Waals surface area contributed by atoms with Crippen molar-refractivity contribution in [2.75, 3.05) is 6.61 Å². The van der Waals surface area contributed by atoms with E-state index < -0.39 is 23.5 Å². The molecule has 0 atom stereocenters. The van der Waals surface area contributed by atoms with Gasteiger partial charge in [0.15, 0.2) is 0 Å². The maximum absolute atomic E-state index is 13.7. The molecule has 0 fully saturated rings. The van der Waals surface area contributed by atoms with Crippen LogP contribution in [0.5, 0.6) is 5.75 Å². The Morgan fingerprint density at radius 2 is 1.87 bits per heavy atom. The summed E-state index contributed by atoms with van der Waals surface area (Å²) >= 11 is 0. The molecule has 1 amide bonds. The molecule has 3 rings (SSSR count). The highest BCUT2D eigenvalue weighted by Crippen LogP contribution is 2.30. The topological polar surface area (TPSA) is 67.0 Å². The summed E-state index contributed by atoms with van der Waals surface area (Å²) in [4.78, 5) is 12.3. The number of amides is 1. The molecular formula is C21H19F4N3O2. The van der Waals surface area contributed by atoms with Gasteiger partial charge in [0.1, 0.15) is 17.3 Å². The Hall–Kier alpha value is -3.36. The molecule has 158 valence electrons. The third-order valence-corrected chi connectivity index (χ3v) is 4.24. The summed E-state index contributed by atoms with van der Waals surface area (Å²) in [6.07, 6.45) is -3.64. The molecule has 2 aromatic carbocycles. The maximum atomic E-state index is 13.7. The number of H-pyrrole nitrogens is 1. The number of hydrogen-bond acceptors (Lipinski definition) is 3. The van der Waals surface area contributed by atoms with Crippen LogP contribution in [0.15, 0.2) is 48.5 Å². The Morgan fingerprint density at radius 1 is 1.13 bits per heavy atom. The van der Waals surface area contributed by atoms with Crippen LogP contribution in [0.3, 0.4) is 0 Å². The minimum Gasteiger partial charge on any atom is -0.493 e. The first-order valence-electron chi connectivity index (χ1n) is 9.20. The van der Waals surface area contributed by atoms with Gasteiger partial charge >= 0.3 is 6.18 Å². The van der Waals surface area contributed by atoms with E-state index in [2.05, 4.69) is 15.5 Å². The second kappa shape index (κ2) is 8.98. The van der Waals surface area contributed by atoms with Gasteiger partial charge in [0.2, 0.25) is 0 Å². The van der Waals surface area contributed by atoms with Crippen LogP contribution >= 0.6 is 0 Å². The van der Waals surface area contributed by atoms with E-state index in [4.69, 9.17) is 4.74 Å². The van der Waals surface area contributed by atoms with Crippen molar-refractivity contribution >= 4 is 5.91 Å². The molecule has 0 saturated heterocycles. The predicted molar refractivity (Wildman–Crippen MR) is 102 cm³/mol. The van der Waals surface area contributed by atoms with Crippen LogP contribution in [-0.2, 0) is 12.7 Å². The fraction of sp³-hybridized carbons (Fsp3) is 0.238. The lowest BCUT2D eigenvalue weighted by molar-refractivity contribution is -0.137. The number of nitrogens with one attached hydrogen (secondary N) is 2. The monoisotopic (exact) mass is 421 g/mol. The van der Waals surface area contributed by atoms with E-state index >= 15 is 0 Å².